The zero-order valence-corrected chi connectivity index (χ0v) is 12.1. The van der Waals surface area contributed by atoms with E-state index in [9.17, 15) is 26.4 Å². The molecule has 1 amide bonds. The Balaban J connectivity index is 2.13. The number of amides is 1. The molecule has 1 aromatic carbocycles. The molecule has 0 unspecified atom stereocenters. The summed E-state index contributed by atoms with van der Waals surface area (Å²) in [5.41, 5.74) is -4.55. The standard InChI is InChI=1S/C13H13F3N2O3S/c14-13(15,16)22(20,21)11-3-1-10(2-4-11)18-12(19)9-5-7-17-8-6-9/h1-5,17H,6-8H2,(H,18,19). The van der Waals surface area contributed by atoms with E-state index in [-0.39, 0.29) is 11.6 Å². The van der Waals surface area contributed by atoms with Crippen molar-refractivity contribution in [1.82, 2.24) is 5.32 Å². The van der Waals surface area contributed by atoms with Gasteiger partial charge in [0.1, 0.15) is 0 Å². The Labute approximate surface area is 125 Å². The van der Waals surface area contributed by atoms with Crippen molar-refractivity contribution < 1.29 is 26.4 Å². The molecule has 1 aliphatic heterocycles. The molecule has 0 saturated heterocycles. The number of anilines is 1. The van der Waals surface area contributed by atoms with Crippen LogP contribution in [0.2, 0.25) is 0 Å². The van der Waals surface area contributed by atoms with Crippen molar-refractivity contribution in [1.29, 1.82) is 0 Å². The first kappa shape index (κ1) is 16.5. The lowest BCUT2D eigenvalue weighted by Gasteiger charge is -2.14. The minimum atomic E-state index is -5.37. The third-order valence-corrected chi connectivity index (χ3v) is 4.58. The summed E-state index contributed by atoms with van der Waals surface area (Å²) >= 11 is 0. The molecule has 0 fully saturated rings. The molecule has 22 heavy (non-hydrogen) atoms. The molecule has 0 spiro atoms. The van der Waals surface area contributed by atoms with Gasteiger partial charge in [-0.05, 0) is 37.2 Å². The summed E-state index contributed by atoms with van der Waals surface area (Å²) in [6, 6.07) is 3.88. The highest BCUT2D eigenvalue weighted by atomic mass is 32.2. The first-order chi connectivity index (χ1) is 10.2. The van der Waals surface area contributed by atoms with E-state index in [4.69, 9.17) is 0 Å². The molecule has 0 radical (unpaired) electrons. The third-order valence-electron chi connectivity index (χ3n) is 3.08. The van der Waals surface area contributed by atoms with E-state index in [2.05, 4.69) is 10.6 Å². The Kier molecular flexibility index (Phi) is 4.57. The van der Waals surface area contributed by atoms with Crippen LogP contribution >= 0.6 is 0 Å². The fourth-order valence-electron chi connectivity index (χ4n) is 1.89. The molecule has 120 valence electrons. The molecule has 0 aliphatic carbocycles. The monoisotopic (exact) mass is 334 g/mol. The predicted molar refractivity (Wildman–Crippen MR) is 73.9 cm³/mol. The number of alkyl halides is 3. The van der Waals surface area contributed by atoms with Crippen molar-refractivity contribution in [2.24, 2.45) is 0 Å². The van der Waals surface area contributed by atoms with Gasteiger partial charge in [0.25, 0.3) is 15.7 Å². The number of hydrogen-bond acceptors (Lipinski definition) is 4. The second kappa shape index (κ2) is 6.09. The summed E-state index contributed by atoms with van der Waals surface area (Å²) < 4.78 is 59.6. The lowest BCUT2D eigenvalue weighted by Crippen LogP contribution is -2.26. The van der Waals surface area contributed by atoms with E-state index in [0.717, 1.165) is 24.3 Å². The number of nitrogens with one attached hydrogen (secondary N) is 2. The van der Waals surface area contributed by atoms with Crippen LogP contribution in [-0.2, 0) is 14.6 Å². The molecular formula is C13H13F3N2O3S. The van der Waals surface area contributed by atoms with Gasteiger partial charge in [0.05, 0.1) is 4.90 Å². The van der Waals surface area contributed by atoms with Crippen LogP contribution in [0.5, 0.6) is 0 Å². The molecule has 0 atom stereocenters. The zero-order chi connectivity index (χ0) is 16.4. The molecule has 2 N–H and O–H groups in total. The first-order valence-corrected chi connectivity index (χ1v) is 7.82. The van der Waals surface area contributed by atoms with Gasteiger partial charge in [-0.15, -0.1) is 0 Å². The molecule has 0 bridgehead atoms. The van der Waals surface area contributed by atoms with Gasteiger partial charge < -0.3 is 10.6 Å². The van der Waals surface area contributed by atoms with Crippen LogP contribution in [0.3, 0.4) is 0 Å². The summed E-state index contributed by atoms with van der Waals surface area (Å²) in [5, 5.41) is 5.56. The lowest BCUT2D eigenvalue weighted by molar-refractivity contribution is -0.113. The van der Waals surface area contributed by atoms with E-state index in [0.29, 0.717) is 25.1 Å². The minimum absolute atomic E-state index is 0.227. The topological polar surface area (TPSA) is 75.3 Å². The maximum Gasteiger partial charge on any atom is 0.501 e. The van der Waals surface area contributed by atoms with E-state index in [1.807, 2.05) is 0 Å². The maximum absolute atomic E-state index is 12.4. The molecule has 5 nitrogen and oxygen atoms in total. The summed E-state index contributed by atoms with van der Waals surface area (Å²) in [6.07, 6.45) is 2.27. The minimum Gasteiger partial charge on any atom is -0.322 e. The van der Waals surface area contributed by atoms with Gasteiger partial charge >= 0.3 is 5.51 Å². The number of carbonyl (C=O) groups is 1. The number of sulfone groups is 1. The van der Waals surface area contributed by atoms with E-state index in [1.165, 1.54) is 0 Å². The predicted octanol–water partition coefficient (Wildman–Crippen LogP) is 1.84. The summed E-state index contributed by atoms with van der Waals surface area (Å²) in [5.74, 6) is -0.354. The quantitative estimate of drug-likeness (QED) is 0.884. The van der Waals surface area contributed by atoms with Crippen LogP contribution in [0.15, 0.2) is 40.8 Å². The van der Waals surface area contributed by atoms with Crippen LogP contribution in [0.1, 0.15) is 6.42 Å². The van der Waals surface area contributed by atoms with Crippen molar-refractivity contribution >= 4 is 21.4 Å². The highest BCUT2D eigenvalue weighted by Gasteiger charge is 2.46. The van der Waals surface area contributed by atoms with Crippen molar-refractivity contribution in [2.75, 3.05) is 18.4 Å². The fourth-order valence-corrected chi connectivity index (χ4v) is 2.65. The van der Waals surface area contributed by atoms with Crippen LogP contribution in [0.4, 0.5) is 18.9 Å². The first-order valence-electron chi connectivity index (χ1n) is 6.34. The number of hydrogen-bond donors (Lipinski definition) is 2. The zero-order valence-electron chi connectivity index (χ0n) is 11.3. The largest absolute Gasteiger partial charge is 0.501 e. The van der Waals surface area contributed by atoms with Crippen molar-refractivity contribution in [2.45, 2.75) is 16.8 Å². The second-order valence-electron chi connectivity index (χ2n) is 4.61. The number of halogens is 3. The summed E-state index contributed by atoms with van der Waals surface area (Å²) in [4.78, 5) is 11.0. The Hall–Kier alpha value is -1.87. The number of benzene rings is 1. The number of carbonyl (C=O) groups excluding carboxylic acids is 1. The van der Waals surface area contributed by atoms with Gasteiger partial charge in [-0.25, -0.2) is 8.42 Å². The lowest BCUT2D eigenvalue weighted by atomic mass is 10.1. The summed E-state index contributed by atoms with van der Waals surface area (Å²) in [6.45, 7) is 1.24. The Bertz CT molecular complexity index is 694. The average molecular weight is 334 g/mol. The average Bonchev–Trinajstić information content (AvgIpc) is 2.47. The molecule has 0 aromatic heterocycles. The Morgan fingerprint density at radius 3 is 2.32 bits per heavy atom. The SMILES string of the molecule is O=C(Nc1ccc(S(=O)(=O)C(F)(F)F)cc1)C1=CCNCC1. The third kappa shape index (κ3) is 3.47. The fraction of sp³-hybridized carbons (Fsp3) is 0.308. The van der Waals surface area contributed by atoms with E-state index < -0.39 is 20.2 Å². The molecule has 1 aromatic rings. The molecule has 9 heteroatoms. The Morgan fingerprint density at radius 1 is 1.18 bits per heavy atom. The van der Waals surface area contributed by atoms with Crippen LogP contribution in [0, 0.1) is 0 Å². The van der Waals surface area contributed by atoms with E-state index in [1.54, 1.807) is 6.08 Å². The van der Waals surface area contributed by atoms with Gasteiger partial charge in [0.2, 0.25) is 0 Å². The molecule has 0 saturated carbocycles. The normalized spacial score (nSPS) is 16.0. The molecule has 2 rings (SSSR count). The molecule has 1 aliphatic rings. The van der Waals surface area contributed by atoms with Crippen molar-refractivity contribution in [3.05, 3.63) is 35.9 Å². The van der Waals surface area contributed by atoms with Gasteiger partial charge in [0.15, 0.2) is 0 Å². The maximum atomic E-state index is 12.4. The van der Waals surface area contributed by atoms with E-state index >= 15 is 0 Å². The summed E-state index contributed by atoms with van der Waals surface area (Å²) in [7, 11) is -5.37. The Morgan fingerprint density at radius 2 is 1.82 bits per heavy atom. The van der Waals surface area contributed by atoms with Gasteiger partial charge in [0, 0.05) is 17.8 Å². The van der Waals surface area contributed by atoms with Gasteiger partial charge in [-0.2, -0.15) is 13.2 Å². The van der Waals surface area contributed by atoms with Crippen molar-refractivity contribution in [3.8, 4) is 0 Å². The van der Waals surface area contributed by atoms with Gasteiger partial charge in [-0.1, -0.05) is 6.08 Å². The number of rotatable bonds is 3. The van der Waals surface area contributed by atoms with Gasteiger partial charge in [-0.3, -0.25) is 4.79 Å². The van der Waals surface area contributed by atoms with Crippen LogP contribution < -0.4 is 10.6 Å². The van der Waals surface area contributed by atoms with Crippen LogP contribution in [-0.4, -0.2) is 32.9 Å². The van der Waals surface area contributed by atoms with Crippen LogP contribution in [0.25, 0.3) is 0 Å². The van der Waals surface area contributed by atoms with Crippen molar-refractivity contribution in [3.63, 3.8) is 0 Å². The highest BCUT2D eigenvalue weighted by molar-refractivity contribution is 7.92. The molecule has 1 heterocycles. The highest BCUT2D eigenvalue weighted by Crippen LogP contribution is 2.30. The smallest absolute Gasteiger partial charge is 0.322 e. The molecular weight excluding hydrogens is 321 g/mol. The second-order valence-corrected chi connectivity index (χ2v) is 6.55.